The Bertz CT molecular complexity index is 151. The molecule has 2 unspecified atom stereocenters. The van der Waals surface area contributed by atoms with Crippen LogP contribution >= 0.6 is 0 Å². The third kappa shape index (κ3) is 3.65. The Hall–Kier alpha value is -0.0800. The fraction of sp³-hybridized carbons (Fsp3) is 1.00. The lowest BCUT2D eigenvalue weighted by molar-refractivity contribution is -0.0662. The molecule has 0 heterocycles. The van der Waals surface area contributed by atoms with Crippen molar-refractivity contribution in [3.05, 3.63) is 0 Å². The third-order valence-corrected chi connectivity index (χ3v) is 2.42. The largest absolute Gasteiger partial charge is 0.371 e. The van der Waals surface area contributed by atoms with Gasteiger partial charge in [0, 0.05) is 6.04 Å². The Morgan fingerprint density at radius 1 is 1.31 bits per heavy atom. The Balaban J connectivity index is 2.39. The number of likely N-dealkylation sites (N-methyl/N-ethyl adjacent to an activating group) is 1. The maximum Gasteiger partial charge on any atom is 0.0735 e. The highest BCUT2D eigenvalue weighted by atomic mass is 16.5. The minimum absolute atomic E-state index is 0.00266. The molecule has 1 aliphatic carbocycles. The van der Waals surface area contributed by atoms with Gasteiger partial charge in [-0.15, -0.1) is 0 Å². The van der Waals surface area contributed by atoms with E-state index in [1.807, 2.05) is 0 Å². The molecule has 0 bridgehead atoms. The molecule has 2 nitrogen and oxygen atoms in total. The third-order valence-electron chi connectivity index (χ3n) is 2.42. The lowest BCUT2D eigenvalue weighted by Crippen LogP contribution is -2.40. The molecule has 0 aliphatic heterocycles. The molecule has 1 saturated carbocycles. The van der Waals surface area contributed by atoms with Gasteiger partial charge in [-0.25, -0.2) is 0 Å². The molecule has 1 N–H and O–H groups in total. The van der Waals surface area contributed by atoms with Crippen molar-refractivity contribution in [1.29, 1.82) is 0 Å². The van der Waals surface area contributed by atoms with E-state index in [1.54, 1.807) is 0 Å². The van der Waals surface area contributed by atoms with Crippen molar-refractivity contribution < 1.29 is 4.74 Å². The van der Waals surface area contributed by atoms with Crippen LogP contribution in [-0.2, 0) is 4.74 Å². The molecule has 2 heteroatoms. The highest BCUT2D eigenvalue weighted by Crippen LogP contribution is 2.26. The predicted octanol–water partition coefficient (Wildman–Crippen LogP) is 2.33. The second-order valence-electron chi connectivity index (χ2n) is 4.86. The van der Waals surface area contributed by atoms with E-state index < -0.39 is 0 Å². The second kappa shape index (κ2) is 4.43. The zero-order valence-electron chi connectivity index (χ0n) is 9.39. The Morgan fingerprint density at radius 2 is 2.00 bits per heavy atom. The van der Waals surface area contributed by atoms with Crippen LogP contribution in [0.5, 0.6) is 0 Å². The molecule has 0 saturated heterocycles. The molecule has 0 spiro atoms. The van der Waals surface area contributed by atoms with E-state index in [0.29, 0.717) is 12.1 Å². The summed E-state index contributed by atoms with van der Waals surface area (Å²) in [6, 6.07) is 0.587. The minimum Gasteiger partial charge on any atom is -0.371 e. The fourth-order valence-electron chi connectivity index (χ4n) is 2.02. The standard InChI is InChI=1S/C11H23NO/c1-5-12-9-7-6-8-10(9)13-11(2,3)4/h9-10,12H,5-8H2,1-4H3. The molecule has 2 atom stereocenters. The van der Waals surface area contributed by atoms with Crippen LogP contribution in [0.1, 0.15) is 47.0 Å². The van der Waals surface area contributed by atoms with Gasteiger partial charge in [0.1, 0.15) is 0 Å². The molecule has 0 amide bonds. The van der Waals surface area contributed by atoms with Gasteiger partial charge in [-0.1, -0.05) is 6.92 Å². The zero-order valence-corrected chi connectivity index (χ0v) is 9.39. The molecule has 1 rings (SSSR count). The summed E-state index contributed by atoms with van der Waals surface area (Å²) in [7, 11) is 0. The van der Waals surface area contributed by atoms with E-state index in [-0.39, 0.29) is 5.60 Å². The summed E-state index contributed by atoms with van der Waals surface area (Å²) in [5.41, 5.74) is 0.00266. The lowest BCUT2D eigenvalue weighted by atomic mass is 10.1. The highest BCUT2D eigenvalue weighted by Gasteiger charge is 2.30. The summed E-state index contributed by atoms with van der Waals surface area (Å²) in [5, 5.41) is 3.49. The highest BCUT2D eigenvalue weighted by molar-refractivity contribution is 4.85. The molecule has 0 aromatic rings. The molecular formula is C11H23NO. The summed E-state index contributed by atoms with van der Waals surface area (Å²) < 4.78 is 6.00. The first-order valence-electron chi connectivity index (χ1n) is 5.44. The smallest absolute Gasteiger partial charge is 0.0735 e. The maximum absolute atomic E-state index is 6.00. The first-order chi connectivity index (χ1) is 6.03. The maximum atomic E-state index is 6.00. The molecule has 0 aromatic heterocycles. The topological polar surface area (TPSA) is 21.3 Å². The van der Waals surface area contributed by atoms with Crippen LogP contribution in [-0.4, -0.2) is 24.3 Å². The van der Waals surface area contributed by atoms with Gasteiger partial charge >= 0.3 is 0 Å². The lowest BCUT2D eigenvalue weighted by Gasteiger charge is -2.29. The van der Waals surface area contributed by atoms with Gasteiger partial charge in [0.15, 0.2) is 0 Å². The predicted molar refractivity (Wildman–Crippen MR) is 55.9 cm³/mol. The van der Waals surface area contributed by atoms with Crippen LogP contribution in [0, 0.1) is 0 Å². The van der Waals surface area contributed by atoms with E-state index in [1.165, 1.54) is 19.3 Å². The van der Waals surface area contributed by atoms with Crippen molar-refractivity contribution in [2.24, 2.45) is 0 Å². The summed E-state index contributed by atoms with van der Waals surface area (Å²) >= 11 is 0. The summed E-state index contributed by atoms with van der Waals surface area (Å²) in [6.07, 6.45) is 4.22. The quantitative estimate of drug-likeness (QED) is 0.728. The molecule has 78 valence electrons. The molecule has 1 aliphatic rings. The first kappa shape index (κ1) is 11.0. The van der Waals surface area contributed by atoms with Gasteiger partial charge in [-0.3, -0.25) is 0 Å². The van der Waals surface area contributed by atoms with E-state index in [0.717, 1.165) is 6.54 Å². The summed E-state index contributed by atoms with van der Waals surface area (Å²) in [5.74, 6) is 0. The molecule has 0 radical (unpaired) electrons. The van der Waals surface area contributed by atoms with Gasteiger partial charge in [0.25, 0.3) is 0 Å². The Kier molecular flexibility index (Phi) is 3.74. The average molecular weight is 185 g/mol. The van der Waals surface area contributed by atoms with Gasteiger partial charge in [0.05, 0.1) is 11.7 Å². The molecule has 1 fully saturated rings. The van der Waals surface area contributed by atoms with Gasteiger partial charge in [-0.05, 0) is 46.6 Å². The van der Waals surface area contributed by atoms with Crippen LogP contribution in [0.2, 0.25) is 0 Å². The number of ether oxygens (including phenoxy) is 1. The van der Waals surface area contributed by atoms with E-state index in [4.69, 9.17) is 4.74 Å². The number of hydrogen-bond acceptors (Lipinski definition) is 2. The fourth-order valence-corrected chi connectivity index (χ4v) is 2.02. The van der Waals surface area contributed by atoms with Crippen LogP contribution in [0.25, 0.3) is 0 Å². The van der Waals surface area contributed by atoms with Gasteiger partial charge < -0.3 is 10.1 Å². The SMILES string of the molecule is CCNC1CCCC1OC(C)(C)C. The number of nitrogens with one attached hydrogen (secondary N) is 1. The van der Waals surface area contributed by atoms with Crippen molar-refractivity contribution in [1.82, 2.24) is 5.32 Å². The van der Waals surface area contributed by atoms with Crippen molar-refractivity contribution in [2.45, 2.75) is 64.7 Å². The first-order valence-corrected chi connectivity index (χ1v) is 5.44. The molecule has 13 heavy (non-hydrogen) atoms. The summed E-state index contributed by atoms with van der Waals surface area (Å²) in [4.78, 5) is 0. The van der Waals surface area contributed by atoms with Crippen LogP contribution in [0.4, 0.5) is 0 Å². The van der Waals surface area contributed by atoms with Crippen molar-refractivity contribution in [3.8, 4) is 0 Å². The Labute approximate surface area is 82.0 Å². The Morgan fingerprint density at radius 3 is 2.54 bits per heavy atom. The van der Waals surface area contributed by atoms with Crippen LogP contribution in [0.15, 0.2) is 0 Å². The molecular weight excluding hydrogens is 162 g/mol. The average Bonchev–Trinajstić information content (AvgIpc) is 2.34. The van der Waals surface area contributed by atoms with E-state index >= 15 is 0 Å². The molecule has 0 aromatic carbocycles. The monoisotopic (exact) mass is 185 g/mol. The van der Waals surface area contributed by atoms with Gasteiger partial charge in [0.2, 0.25) is 0 Å². The zero-order chi connectivity index (χ0) is 9.90. The van der Waals surface area contributed by atoms with Crippen LogP contribution in [0.3, 0.4) is 0 Å². The van der Waals surface area contributed by atoms with Crippen molar-refractivity contribution in [2.75, 3.05) is 6.54 Å². The van der Waals surface area contributed by atoms with Crippen molar-refractivity contribution >= 4 is 0 Å². The summed E-state index contributed by atoms with van der Waals surface area (Å²) in [6.45, 7) is 9.61. The van der Waals surface area contributed by atoms with Gasteiger partial charge in [-0.2, -0.15) is 0 Å². The number of rotatable bonds is 3. The minimum atomic E-state index is 0.00266. The van der Waals surface area contributed by atoms with Crippen LogP contribution < -0.4 is 5.32 Å². The van der Waals surface area contributed by atoms with E-state index in [2.05, 4.69) is 33.0 Å². The normalized spacial score (nSPS) is 29.5. The second-order valence-corrected chi connectivity index (χ2v) is 4.86. The number of hydrogen-bond donors (Lipinski definition) is 1. The van der Waals surface area contributed by atoms with Crippen molar-refractivity contribution in [3.63, 3.8) is 0 Å². The van der Waals surface area contributed by atoms with E-state index in [9.17, 15) is 0 Å².